The molecule has 0 saturated carbocycles. The number of methoxy groups -OCH3 is 1. The molecule has 1 atom stereocenters. The van der Waals surface area contributed by atoms with E-state index in [4.69, 9.17) is 9.47 Å². The molecule has 0 fully saturated rings. The van der Waals surface area contributed by atoms with Crippen molar-refractivity contribution in [3.8, 4) is 5.75 Å². The van der Waals surface area contributed by atoms with Crippen molar-refractivity contribution < 1.29 is 23.9 Å². The Labute approximate surface area is 168 Å². The predicted octanol–water partition coefficient (Wildman–Crippen LogP) is 4.22. The van der Waals surface area contributed by atoms with Crippen LogP contribution < -0.4 is 10.1 Å². The number of hydrogen-bond donors (Lipinski definition) is 1. The maximum Gasteiger partial charge on any atom is 0.307 e. The molecule has 2 rings (SSSR count). The van der Waals surface area contributed by atoms with Crippen LogP contribution in [0.15, 0.2) is 24.3 Å². The Morgan fingerprint density at radius 3 is 2.43 bits per heavy atom. The van der Waals surface area contributed by atoms with Crippen LogP contribution in [0.1, 0.15) is 45.4 Å². The standard InChI is InChI=1S/C21H25NO5S/c1-12-6-8-19(26-5)17(10-12)22-21(25)14(3)27-20(24)9-7-18(23)16-11-13(2)28-15(16)4/h6,8,10-11,14H,7,9H2,1-5H3,(H,22,25). The zero-order valence-electron chi connectivity index (χ0n) is 16.8. The van der Waals surface area contributed by atoms with Gasteiger partial charge in [-0.1, -0.05) is 6.07 Å². The summed E-state index contributed by atoms with van der Waals surface area (Å²) < 4.78 is 10.4. The molecule has 0 spiro atoms. The quantitative estimate of drug-likeness (QED) is 0.527. The van der Waals surface area contributed by atoms with Crippen molar-refractivity contribution in [2.75, 3.05) is 12.4 Å². The summed E-state index contributed by atoms with van der Waals surface area (Å²) >= 11 is 1.55. The van der Waals surface area contributed by atoms with E-state index in [1.807, 2.05) is 32.9 Å². The number of Topliss-reactive ketones (excluding diaryl/α,β-unsaturated/α-hetero) is 1. The first-order valence-corrected chi connectivity index (χ1v) is 9.78. The summed E-state index contributed by atoms with van der Waals surface area (Å²) in [5, 5.41) is 2.70. The number of hydrogen-bond acceptors (Lipinski definition) is 6. The minimum atomic E-state index is -0.988. The molecule has 150 valence electrons. The maximum absolute atomic E-state index is 12.3. The van der Waals surface area contributed by atoms with Crippen LogP contribution in [-0.2, 0) is 14.3 Å². The second-order valence-corrected chi connectivity index (χ2v) is 8.04. The van der Waals surface area contributed by atoms with Crippen LogP contribution in [0.4, 0.5) is 5.69 Å². The molecule has 1 heterocycles. The first-order chi connectivity index (χ1) is 13.2. The van der Waals surface area contributed by atoms with Gasteiger partial charge in [0.05, 0.1) is 19.2 Å². The van der Waals surface area contributed by atoms with E-state index in [1.165, 1.54) is 14.0 Å². The van der Waals surface area contributed by atoms with Gasteiger partial charge < -0.3 is 14.8 Å². The number of carbonyl (C=O) groups is 3. The third-order valence-corrected chi connectivity index (χ3v) is 5.15. The molecule has 1 unspecified atom stereocenters. The van der Waals surface area contributed by atoms with Crippen molar-refractivity contribution >= 4 is 34.7 Å². The monoisotopic (exact) mass is 403 g/mol. The largest absolute Gasteiger partial charge is 0.495 e. The molecule has 28 heavy (non-hydrogen) atoms. The van der Waals surface area contributed by atoms with Crippen LogP contribution in [0.25, 0.3) is 0 Å². The fourth-order valence-corrected chi connectivity index (χ4v) is 3.66. The summed E-state index contributed by atoms with van der Waals surface area (Å²) in [6.07, 6.45) is -1.01. The van der Waals surface area contributed by atoms with Gasteiger partial charge in [0.2, 0.25) is 0 Å². The molecule has 1 aromatic carbocycles. The molecule has 0 saturated heterocycles. The number of carbonyl (C=O) groups excluding carboxylic acids is 3. The zero-order valence-corrected chi connectivity index (χ0v) is 17.6. The van der Waals surface area contributed by atoms with Crippen molar-refractivity contribution in [2.24, 2.45) is 0 Å². The van der Waals surface area contributed by atoms with Crippen molar-refractivity contribution in [1.82, 2.24) is 0 Å². The Kier molecular flexibility index (Phi) is 7.34. The summed E-state index contributed by atoms with van der Waals surface area (Å²) in [6.45, 7) is 7.21. The molecule has 1 aromatic heterocycles. The van der Waals surface area contributed by atoms with Gasteiger partial charge >= 0.3 is 5.97 Å². The highest BCUT2D eigenvalue weighted by molar-refractivity contribution is 7.12. The zero-order chi connectivity index (χ0) is 20.8. The van der Waals surface area contributed by atoms with E-state index in [0.29, 0.717) is 17.0 Å². The van der Waals surface area contributed by atoms with Crippen LogP contribution in [0.5, 0.6) is 5.75 Å². The Morgan fingerprint density at radius 2 is 1.82 bits per heavy atom. The number of ether oxygens (including phenoxy) is 2. The Hall–Kier alpha value is -2.67. The molecule has 0 radical (unpaired) electrons. The van der Waals surface area contributed by atoms with Gasteiger partial charge in [0.15, 0.2) is 11.9 Å². The van der Waals surface area contributed by atoms with Gasteiger partial charge in [-0.05, 0) is 51.5 Å². The second kappa shape index (κ2) is 9.50. The first-order valence-electron chi connectivity index (χ1n) is 8.96. The number of anilines is 1. The van der Waals surface area contributed by atoms with Crippen molar-refractivity contribution in [3.63, 3.8) is 0 Å². The van der Waals surface area contributed by atoms with Crippen LogP contribution >= 0.6 is 11.3 Å². The Morgan fingerprint density at radius 1 is 1.11 bits per heavy atom. The highest BCUT2D eigenvalue weighted by Crippen LogP contribution is 2.25. The first kappa shape index (κ1) is 21.6. The second-order valence-electron chi connectivity index (χ2n) is 6.58. The van der Waals surface area contributed by atoms with Crippen LogP contribution in [-0.4, -0.2) is 30.9 Å². The van der Waals surface area contributed by atoms with Gasteiger partial charge in [-0.25, -0.2) is 0 Å². The molecule has 0 aliphatic carbocycles. The Bertz CT molecular complexity index is 887. The average molecular weight is 404 g/mol. The van der Waals surface area contributed by atoms with Crippen LogP contribution in [0, 0.1) is 20.8 Å². The van der Waals surface area contributed by atoms with E-state index in [2.05, 4.69) is 5.32 Å². The SMILES string of the molecule is COc1ccc(C)cc1NC(=O)C(C)OC(=O)CCC(=O)c1cc(C)sc1C. The number of benzene rings is 1. The van der Waals surface area contributed by atoms with E-state index < -0.39 is 18.0 Å². The molecule has 0 aliphatic heterocycles. The molecule has 6 nitrogen and oxygen atoms in total. The summed E-state index contributed by atoms with van der Waals surface area (Å²) in [4.78, 5) is 38.6. The van der Waals surface area contributed by atoms with Gasteiger partial charge in [-0.15, -0.1) is 11.3 Å². The lowest BCUT2D eigenvalue weighted by Gasteiger charge is -2.15. The third-order valence-electron chi connectivity index (χ3n) is 4.19. The lowest BCUT2D eigenvalue weighted by molar-refractivity contribution is -0.153. The lowest BCUT2D eigenvalue weighted by atomic mass is 10.1. The summed E-state index contributed by atoms with van der Waals surface area (Å²) in [5.74, 6) is -0.630. The van der Waals surface area contributed by atoms with Gasteiger partial charge in [-0.3, -0.25) is 14.4 Å². The number of rotatable bonds is 8. The smallest absolute Gasteiger partial charge is 0.307 e. The molecule has 0 bridgehead atoms. The minimum absolute atomic E-state index is 0.0515. The number of aryl methyl sites for hydroxylation is 3. The van der Waals surface area contributed by atoms with Crippen LogP contribution in [0.2, 0.25) is 0 Å². The topological polar surface area (TPSA) is 81.7 Å². The van der Waals surface area contributed by atoms with E-state index >= 15 is 0 Å². The van der Waals surface area contributed by atoms with Gasteiger partial charge in [0.1, 0.15) is 5.75 Å². The Balaban J connectivity index is 1.88. The fraction of sp³-hybridized carbons (Fsp3) is 0.381. The van der Waals surface area contributed by atoms with Gasteiger partial charge in [0, 0.05) is 21.7 Å². The number of amides is 1. The lowest BCUT2D eigenvalue weighted by Crippen LogP contribution is -2.30. The molecule has 2 aromatic rings. The maximum atomic E-state index is 12.3. The summed E-state index contributed by atoms with van der Waals surface area (Å²) in [7, 11) is 1.51. The number of nitrogens with one attached hydrogen (secondary N) is 1. The predicted molar refractivity (Wildman–Crippen MR) is 109 cm³/mol. The van der Waals surface area contributed by atoms with E-state index in [0.717, 1.165) is 15.3 Å². The summed E-state index contributed by atoms with van der Waals surface area (Å²) in [6, 6.07) is 7.22. The summed E-state index contributed by atoms with van der Waals surface area (Å²) in [5.41, 5.74) is 2.11. The van der Waals surface area contributed by atoms with Crippen molar-refractivity contribution in [2.45, 2.75) is 46.6 Å². The highest BCUT2D eigenvalue weighted by Gasteiger charge is 2.20. The third kappa shape index (κ3) is 5.66. The van der Waals surface area contributed by atoms with E-state index in [9.17, 15) is 14.4 Å². The number of esters is 1. The van der Waals surface area contributed by atoms with E-state index in [-0.39, 0.29) is 18.6 Å². The molecular weight excluding hydrogens is 378 g/mol. The van der Waals surface area contributed by atoms with Crippen LogP contribution in [0.3, 0.4) is 0 Å². The number of thiophene rings is 1. The number of ketones is 1. The fourth-order valence-electron chi connectivity index (χ4n) is 2.72. The average Bonchev–Trinajstić information content (AvgIpc) is 2.98. The van der Waals surface area contributed by atoms with Crippen molar-refractivity contribution in [3.05, 3.63) is 45.1 Å². The minimum Gasteiger partial charge on any atom is -0.495 e. The molecular formula is C21H25NO5S. The van der Waals surface area contributed by atoms with Gasteiger partial charge in [-0.2, -0.15) is 0 Å². The molecule has 1 N–H and O–H groups in total. The molecule has 1 amide bonds. The highest BCUT2D eigenvalue weighted by atomic mass is 32.1. The van der Waals surface area contributed by atoms with Gasteiger partial charge in [0.25, 0.3) is 5.91 Å². The molecule has 0 aliphatic rings. The van der Waals surface area contributed by atoms with E-state index in [1.54, 1.807) is 23.5 Å². The normalized spacial score (nSPS) is 11.6. The molecule has 7 heteroatoms. The van der Waals surface area contributed by atoms with Crippen molar-refractivity contribution in [1.29, 1.82) is 0 Å².